The van der Waals surface area contributed by atoms with Crippen LogP contribution in [0.3, 0.4) is 0 Å². The Balaban J connectivity index is 1.27. The summed E-state index contributed by atoms with van der Waals surface area (Å²) in [5, 5.41) is 43.8. The molecule has 0 atom stereocenters. The van der Waals surface area contributed by atoms with Crippen LogP contribution in [0.25, 0.3) is 22.8 Å². The topological polar surface area (TPSA) is 219 Å². The zero-order chi connectivity index (χ0) is 29.3. The summed E-state index contributed by atoms with van der Waals surface area (Å²) in [4.78, 5) is 17.2. The molecule has 0 aliphatic carbocycles. The summed E-state index contributed by atoms with van der Waals surface area (Å²) in [7, 11) is 0. The minimum Gasteiger partial charge on any atom is -0.491 e. The molecule has 0 aliphatic heterocycles. The number of nitrogens with two attached hydrogens (primary N) is 2. The van der Waals surface area contributed by atoms with Crippen LogP contribution in [0.2, 0.25) is 0 Å². The highest BCUT2D eigenvalue weighted by molar-refractivity contribution is 5.99. The summed E-state index contributed by atoms with van der Waals surface area (Å²) in [6, 6.07) is 23.9. The van der Waals surface area contributed by atoms with E-state index >= 15 is 0 Å². The van der Waals surface area contributed by atoms with Crippen molar-refractivity contribution in [1.82, 2.24) is 30.1 Å². The fourth-order valence-corrected chi connectivity index (χ4v) is 3.45. The van der Waals surface area contributed by atoms with Crippen LogP contribution >= 0.6 is 0 Å². The highest BCUT2D eigenvalue weighted by Crippen LogP contribution is 2.15. The Morgan fingerprint density at radius 3 is 1.29 bits per heavy atom. The van der Waals surface area contributed by atoms with E-state index in [0.717, 1.165) is 0 Å². The van der Waals surface area contributed by atoms with Crippen molar-refractivity contribution in [3.05, 3.63) is 120 Å². The summed E-state index contributed by atoms with van der Waals surface area (Å²) >= 11 is 0. The van der Waals surface area contributed by atoms with Crippen LogP contribution in [0.5, 0.6) is 0 Å². The lowest BCUT2D eigenvalue weighted by molar-refractivity contribution is 0.548. The molecule has 14 nitrogen and oxygen atoms in total. The van der Waals surface area contributed by atoms with Gasteiger partial charge in [-0.25, -0.2) is 9.97 Å². The van der Waals surface area contributed by atoms with Crippen LogP contribution in [0.15, 0.2) is 118 Å². The zero-order valence-corrected chi connectivity index (χ0v) is 21.8. The van der Waals surface area contributed by atoms with Gasteiger partial charge in [-0.3, -0.25) is 9.97 Å². The first-order valence-electron chi connectivity index (χ1n) is 12.3. The Labute approximate surface area is 238 Å². The Morgan fingerprint density at radius 1 is 0.476 bits per heavy atom. The molecule has 5 aromatic heterocycles. The van der Waals surface area contributed by atoms with Gasteiger partial charge in [0.2, 0.25) is 0 Å². The molecule has 5 heterocycles. The van der Waals surface area contributed by atoms with Crippen LogP contribution in [-0.4, -0.2) is 63.8 Å². The monoisotopic (exact) mass is 558 g/mol. The van der Waals surface area contributed by atoms with E-state index in [9.17, 15) is 10.2 Å². The number of hydrogen-bond donors (Lipinski definition) is 4. The first kappa shape index (κ1) is 27.1. The SMILES string of the molecule is N/C(=N\N=C(/O)c1cccc(-c2ccccn2)n1)c1ccc(/C(N)=N/N=C(\O)c2cccc(-c3ccccn3)n2)nn1. The van der Waals surface area contributed by atoms with Gasteiger partial charge in [-0.2, -0.15) is 0 Å². The zero-order valence-electron chi connectivity index (χ0n) is 21.8. The van der Waals surface area contributed by atoms with Gasteiger partial charge in [0.1, 0.15) is 22.8 Å². The van der Waals surface area contributed by atoms with Crippen molar-refractivity contribution < 1.29 is 10.2 Å². The lowest BCUT2D eigenvalue weighted by Gasteiger charge is -2.03. The van der Waals surface area contributed by atoms with Crippen LogP contribution in [0.1, 0.15) is 22.8 Å². The van der Waals surface area contributed by atoms with Crippen molar-refractivity contribution in [3.8, 4) is 22.8 Å². The summed E-state index contributed by atoms with van der Waals surface area (Å²) in [6.45, 7) is 0. The molecule has 5 aromatic rings. The van der Waals surface area contributed by atoms with Crippen LogP contribution in [0.4, 0.5) is 0 Å². The van der Waals surface area contributed by atoms with Gasteiger partial charge < -0.3 is 21.7 Å². The van der Waals surface area contributed by atoms with E-state index in [0.29, 0.717) is 22.8 Å². The molecule has 42 heavy (non-hydrogen) atoms. The Morgan fingerprint density at radius 2 is 0.905 bits per heavy atom. The first-order valence-corrected chi connectivity index (χ1v) is 12.3. The largest absolute Gasteiger partial charge is 0.491 e. The molecule has 0 amide bonds. The molecule has 0 aromatic carbocycles. The second-order valence-corrected chi connectivity index (χ2v) is 8.37. The van der Waals surface area contributed by atoms with Gasteiger partial charge in [-0.05, 0) is 60.7 Å². The maximum absolute atomic E-state index is 10.4. The van der Waals surface area contributed by atoms with Crippen molar-refractivity contribution in [3.63, 3.8) is 0 Å². The Bertz CT molecular complexity index is 1670. The predicted octanol–water partition coefficient (Wildman–Crippen LogP) is 2.64. The molecule has 6 N–H and O–H groups in total. The third-order valence-electron chi connectivity index (χ3n) is 5.51. The van der Waals surface area contributed by atoms with Crippen molar-refractivity contribution in [1.29, 1.82) is 0 Å². The predicted molar refractivity (Wildman–Crippen MR) is 157 cm³/mol. The maximum Gasteiger partial charge on any atom is 0.257 e. The molecule has 206 valence electrons. The number of hydrogen-bond acceptors (Lipinski definition) is 10. The third kappa shape index (κ3) is 6.58. The third-order valence-corrected chi connectivity index (χ3v) is 5.51. The minimum absolute atomic E-state index is 0.119. The lowest BCUT2D eigenvalue weighted by Crippen LogP contribution is -2.20. The van der Waals surface area contributed by atoms with E-state index < -0.39 is 11.8 Å². The molecule has 0 saturated carbocycles. The molecule has 14 heteroatoms. The highest BCUT2D eigenvalue weighted by atomic mass is 16.3. The highest BCUT2D eigenvalue weighted by Gasteiger charge is 2.10. The van der Waals surface area contributed by atoms with Crippen LogP contribution < -0.4 is 11.5 Å². The van der Waals surface area contributed by atoms with Crippen molar-refractivity contribution in [2.45, 2.75) is 0 Å². The van der Waals surface area contributed by atoms with E-state index in [-0.39, 0.29) is 34.4 Å². The first-order chi connectivity index (χ1) is 20.5. The van der Waals surface area contributed by atoms with Gasteiger partial charge in [0.15, 0.2) is 11.7 Å². The fraction of sp³-hybridized carbons (Fsp3) is 0. The summed E-state index contributed by atoms with van der Waals surface area (Å²) < 4.78 is 0. The molecule has 0 unspecified atom stereocenters. The fourth-order valence-electron chi connectivity index (χ4n) is 3.45. The summed E-state index contributed by atoms with van der Waals surface area (Å²) in [5.74, 6) is -1.14. The molecular formula is C28H22N12O2. The Kier molecular flexibility index (Phi) is 8.15. The maximum atomic E-state index is 10.4. The van der Waals surface area contributed by atoms with Gasteiger partial charge in [0.25, 0.3) is 11.8 Å². The minimum atomic E-state index is -0.450. The lowest BCUT2D eigenvalue weighted by atomic mass is 10.2. The van der Waals surface area contributed by atoms with Crippen LogP contribution in [-0.2, 0) is 0 Å². The van der Waals surface area contributed by atoms with Gasteiger partial charge in [-0.1, -0.05) is 24.3 Å². The standard InChI is InChI=1S/C28H22N12O2/c29-25(37-39-27(41)23-11-5-9-19(33-23)17-7-1-3-15-31-17)21-13-14-22(36-35-21)26(30)38-40-28(42)24-12-6-10-20(34-24)18-8-2-4-16-32-18/h1-16H,(H2,29,37)(H2,30,38)(H,39,41)(H,40,42). The molecule has 0 radical (unpaired) electrons. The number of pyridine rings is 4. The van der Waals surface area contributed by atoms with E-state index in [1.807, 2.05) is 12.1 Å². The van der Waals surface area contributed by atoms with Crippen LogP contribution in [0, 0.1) is 0 Å². The van der Waals surface area contributed by atoms with Gasteiger partial charge in [0.05, 0.1) is 22.8 Å². The van der Waals surface area contributed by atoms with Crippen molar-refractivity contribution >= 4 is 23.5 Å². The van der Waals surface area contributed by atoms with Crippen molar-refractivity contribution in [2.24, 2.45) is 31.9 Å². The van der Waals surface area contributed by atoms with E-state index in [2.05, 4.69) is 50.5 Å². The van der Waals surface area contributed by atoms with E-state index in [4.69, 9.17) is 11.5 Å². The smallest absolute Gasteiger partial charge is 0.257 e. The molecule has 5 rings (SSSR count). The van der Waals surface area contributed by atoms with Gasteiger partial charge >= 0.3 is 0 Å². The number of aliphatic hydroxyl groups excluding tert-OH is 2. The molecule has 0 fully saturated rings. The molecule has 0 bridgehead atoms. The molecule has 0 spiro atoms. The van der Waals surface area contributed by atoms with Crippen molar-refractivity contribution in [2.75, 3.05) is 0 Å². The number of aliphatic hydroxyl groups is 2. The summed E-state index contributed by atoms with van der Waals surface area (Å²) in [6.07, 6.45) is 3.29. The van der Waals surface area contributed by atoms with E-state index in [1.54, 1.807) is 73.1 Å². The second kappa shape index (κ2) is 12.6. The second-order valence-electron chi connectivity index (χ2n) is 8.37. The number of aromatic nitrogens is 6. The van der Waals surface area contributed by atoms with Gasteiger partial charge in [0, 0.05) is 12.4 Å². The number of rotatable bonds is 8. The summed E-state index contributed by atoms with van der Waals surface area (Å²) in [5.41, 5.74) is 15.0. The number of nitrogens with zero attached hydrogens (tertiary/aromatic N) is 10. The average molecular weight is 559 g/mol. The Hall–Kier alpha value is -6.44. The average Bonchev–Trinajstić information content (AvgIpc) is 3.06. The molecular weight excluding hydrogens is 536 g/mol. The quantitative estimate of drug-likeness (QED) is 0.124. The normalized spacial score (nSPS) is 12.8. The van der Waals surface area contributed by atoms with Gasteiger partial charge in [-0.15, -0.1) is 30.6 Å². The van der Waals surface area contributed by atoms with E-state index in [1.165, 1.54) is 12.1 Å². The molecule has 0 aliphatic rings. The molecule has 0 saturated heterocycles. The number of amidine groups is 2.